The average molecular weight is 298 g/mol. The molecular formula is C19H22O3. The molecule has 0 aromatic heterocycles. The molecule has 0 fully saturated rings. The van der Waals surface area contributed by atoms with E-state index in [0.717, 1.165) is 27.8 Å². The molecule has 1 atom stereocenters. The number of ether oxygens (including phenoxy) is 1. The normalized spacial score (nSPS) is 12.0. The predicted molar refractivity (Wildman–Crippen MR) is 87.6 cm³/mol. The monoisotopic (exact) mass is 298 g/mol. The van der Waals surface area contributed by atoms with Gasteiger partial charge in [0, 0.05) is 6.42 Å². The molecule has 0 heterocycles. The Morgan fingerprint density at radius 3 is 2.32 bits per heavy atom. The molecule has 0 aliphatic rings. The average Bonchev–Trinajstić information content (AvgIpc) is 2.41. The van der Waals surface area contributed by atoms with Crippen molar-refractivity contribution >= 4 is 5.97 Å². The summed E-state index contributed by atoms with van der Waals surface area (Å²) >= 11 is 0. The highest BCUT2D eigenvalue weighted by Gasteiger charge is 2.21. The fraction of sp³-hybridized carbons (Fsp3) is 0.316. The van der Waals surface area contributed by atoms with Crippen molar-refractivity contribution in [1.82, 2.24) is 0 Å². The molecule has 3 nitrogen and oxygen atoms in total. The summed E-state index contributed by atoms with van der Waals surface area (Å²) in [5, 5.41) is 9.47. The minimum Gasteiger partial charge on any atom is -0.478 e. The zero-order valence-electron chi connectivity index (χ0n) is 13.5. The molecule has 2 aromatic carbocycles. The molecule has 0 saturated heterocycles. The summed E-state index contributed by atoms with van der Waals surface area (Å²) in [4.78, 5) is 11.5. The Morgan fingerprint density at radius 1 is 1.09 bits per heavy atom. The number of carboxylic acid groups (broad SMARTS) is 1. The molecule has 2 aromatic rings. The summed E-state index contributed by atoms with van der Waals surface area (Å²) in [6, 6.07) is 11.7. The Balaban J connectivity index is 2.23. The largest absolute Gasteiger partial charge is 0.478 e. The third-order valence-corrected chi connectivity index (χ3v) is 3.87. The van der Waals surface area contributed by atoms with Gasteiger partial charge in [0.1, 0.15) is 5.75 Å². The molecule has 0 spiro atoms. The molecule has 0 aliphatic heterocycles. The molecule has 0 aliphatic carbocycles. The van der Waals surface area contributed by atoms with Gasteiger partial charge in [-0.25, -0.2) is 4.79 Å². The number of rotatable bonds is 5. The Kier molecular flexibility index (Phi) is 4.86. The summed E-state index contributed by atoms with van der Waals surface area (Å²) in [7, 11) is 0. The highest BCUT2D eigenvalue weighted by Crippen LogP contribution is 2.21. The molecule has 1 N–H and O–H groups in total. The van der Waals surface area contributed by atoms with Crippen molar-refractivity contribution in [3.05, 3.63) is 64.2 Å². The molecule has 0 amide bonds. The standard InChI is InChI=1S/C19H22O3/c1-12-8-13(2)10-17(9-12)22-18(19(20)21)11-16-7-5-6-14(3)15(16)4/h5-10,18H,11H2,1-4H3,(H,20,21)/t18-/m1/s1. The lowest BCUT2D eigenvalue weighted by molar-refractivity contribution is -0.145. The first-order valence-corrected chi connectivity index (χ1v) is 7.39. The molecular weight excluding hydrogens is 276 g/mol. The third kappa shape index (κ3) is 3.88. The van der Waals surface area contributed by atoms with Crippen LogP contribution in [0.15, 0.2) is 36.4 Å². The quantitative estimate of drug-likeness (QED) is 0.907. The van der Waals surface area contributed by atoms with Gasteiger partial charge in [-0.15, -0.1) is 0 Å². The van der Waals surface area contributed by atoms with Crippen LogP contribution in [-0.4, -0.2) is 17.2 Å². The van der Waals surface area contributed by atoms with Crippen molar-refractivity contribution in [3.63, 3.8) is 0 Å². The molecule has 22 heavy (non-hydrogen) atoms. The maximum absolute atomic E-state index is 11.5. The number of carboxylic acids is 1. The lowest BCUT2D eigenvalue weighted by atomic mass is 9.98. The van der Waals surface area contributed by atoms with Crippen LogP contribution in [0.25, 0.3) is 0 Å². The maximum Gasteiger partial charge on any atom is 0.345 e. The highest BCUT2D eigenvalue weighted by atomic mass is 16.5. The van der Waals surface area contributed by atoms with Gasteiger partial charge < -0.3 is 9.84 Å². The summed E-state index contributed by atoms with van der Waals surface area (Å²) in [6.45, 7) is 7.99. The van der Waals surface area contributed by atoms with Gasteiger partial charge in [-0.1, -0.05) is 24.3 Å². The fourth-order valence-electron chi connectivity index (χ4n) is 2.58. The Labute approximate surface area is 131 Å². The molecule has 0 unspecified atom stereocenters. The SMILES string of the molecule is Cc1cc(C)cc(O[C@H](Cc2cccc(C)c2C)C(=O)O)c1. The van der Waals surface area contributed by atoms with Crippen LogP contribution in [0.2, 0.25) is 0 Å². The second-order valence-corrected chi connectivity index (χ2v) is 5.83. The van der Waals surface area contributed by atoms with Crippen LogP contribution in [-0.2, 0) is 11.2 Å². The topological polar surface area (TPSA) is 46.5 Å². The van der Waals surface area contributed by atoms with Crippen molar-refractivity contribution in [2.75, 3.05) is 0 Å². The molecule has 0 saturated carbocycles. The predicted octanol–water partition coefficient (Wildman–Crippen LogP) is 3.99. The van der Waals surface area contributed by atoms with Crippen molar-refractivity contribution < 1.29 is 14.6 Å². The first kappa shape index (κ1) is 16.1. The van der Waals surface area contributed by atoms with Crippen LogP contribution in [0.5, 0.6) is 5.75 Å². The second kappa shape index (κ2) is 6.65. The van der Waals surface area contributed by atoms with Gasteiger partial charge in [-0.3, -0.25) is 0 Å². The Hall–Kier alpha value is -2.29. The van der Waals surface area contributed by atoms with Gasteiger partial charge in [-0.2, -0.15) is 0 Å². The van der Waals surface area contributed by atoms with Crippen molar-refractivity contribution in [1.29, 1.82) is 0 Å². The first-order valence-electron chi connectivity index (χ1n) is 7.39. The lowest BCUT2D eigenvalue weighted by Crippen LogP contribution is -2.29. The number of carbonyl (C=O) groups is 1. The zero-order valence-corrected chi connectivity index (χ0v) is 13.5. The third-order valence-electron chi connectivity index (χ3n) is 3.87. The summed E-state index contributed by atoms with van der Waals surface area (Å²) in [6.07, 6.45) is -0.530. The van der Waals surface area contributed by atoms with Crippen LogP contribution in [0, 0.1) is 27.7 Å². The van der Waals surface area contributed by atoms with Crippen LogP contribution in [0.1, 0.15) is 27.8 Å². The van der Waals surface area contributed by atoms with Gasteiger partial charge >= 0.3 is 5.97 Å². The Morgan fingerprint density at radius 2 is 1.73 bits per heavy atom. The van der Waals surface area contributed by atoms with Gasteiger partial charge in [0.15, 0.2) is 6.10 Å². The number of aliphatic carboxylic acids is 1. The summed E-state index contributed by atoms with van der Waals surface area (Å²) in [5.74, 6) is -0.338. The number of hydrogen-bond acceptors (Lipinski definition) is 2. The van der Waals surface area contributed by atoms with Gasteiger partial charge in [0.2, 0.25) is 0 Å². The van der Waals surface area contributed by atoms with E-state index in [1.54, 1.807) is 0 Å². The molecule has 0 bridgehead atoms. The van der Waals surface area contributed by atoms with E-state index in [1.165, 1.54) is 0 Å². The fourth-order valence-corrected chi connectivity index (χ4v) is 2.58. The van der Waals surface area contributed by atoms with Crippen molar-refractivity contribution in [2.24, 2.45) is 0 Å². The maximum atomic E-state index is 11.5. The van der Waals surface area contributed by atoms with Crippen LogP contribution < -0.4 is 4.74 Å². The van der Waals surface area contributed by atoms with Crippen LogP contribution in [0.3, 0.4) is 0 Å². The lowest BCUT2D eigenvalue weighted by Gasteiger charge is -2.18. The van der Waals surface area contributed by atoms with Crippen LogP contribution >= 0.6 is 0 Å². The van der Waals surface area contributed by atoms with Crippen molar-refractivity contribution in [3.8, 4) is 5.75 Å². The minimum atomic E-state index is -0.944. The second-order valence-electron chi connectivity index (χ2n) is 5.83. The molecule has 2 rings (SSSR count). The number of benzene rings is 2. The van der Waals surface area contributed by atoms with E-state index in [1.807, 2.05) is 64.1 Å². The van der Waals surface area contributed by atoms with E-state index in [-0.39, 0.29) is 0 Å². The van der Waals surface area contributed by atoms with Gasteiger partial charge in [0.05, 0.1) is 0 Å². The van der Waals surface area contributed by atoms with E-state index >= 15 is 0 Å². The first-order chi connectivity index (χ1) is 10.4. The van der Waals surface area contributed by atoms with E-state index < -0.39 is 12.1 Å². The van der Waals surface area contributed by atoms with E-state index in [2.05, 4.69) is 0 Å². The van der Waals surface area contributed by atoms with Crippen LogP contribution in [0.4, 0.5) is 0 Å². The molecule has 3 heteroatoms. The molecule has 116 valence electrons. The Bertz CT molecular complexity index is 669. The number of aryl methyl sites for hydroxylation is 3. The summed E-state index contributed by atoms with van der Waals surface area (Å²) in [5.41, 5.74) is 5.42. The zero-order chi connectivity index (χ0) is 16.3. The van der Waals surface area contributed by atoms with Gasteiger partial charge in [-0.05, 0) is 67.6 Å². The van der Waals surface area contributed by atoms with Gasteiger partial charge in [0.25, 0.3) is 0 Å². The molecule has 0 radical (unpaired) electrons. The number of hydrogen-bond donors (Lipinski definition) is 1. The van der Waals surface area contributed by atoms with E-state index in [4.69, 9.17) is 4.74 Å². The van der Waals surface area contributed by atoms with Crippen molar-refractivity contribution in [2.45, 2.75) is 40.2 Å². The summed E-state index contributed by atoms with van der Waals surface area (Å²) < 4.78 is 5.74. The van der Waals surface area contributed by atoms with E-state index in [0.29, 0.717) is 12.2 Å². The minimum absolute atomic E-state index is 0.357. The highest BCUT2D eigenvalue weighted by molar-refractivity contribution is 5.73. The smallest absolute Gasteiger partial charge is 0.345 e. The van der Waals surface area contributed by atoms with E-state index in [9.17, 15) is 9.90 Å².